The van der Waals surface area contributed by atoms with Gasteiger partial charge in [-0.1, -0.05) is 20.3 Å². The van der Waals surface area contributed by atoms with Gasteiger partial charge in [0.25, 0.3) is 0 Å². The second-order valence-electron chi connectivity index (χ2n) is 1.31. The van der Waals surface area contributed by atoms with E-state index in [-0.39, 0.29) is 65.0 Å². The molecule has 0 aliphatic heterocycles. The van der Waals surface area contributed by atoms with E-state index in [1.54, 1.807) is 0 Å². The summed E-state index contributed by atoms with van der Waals surface area (Å²) in [6.45, 7) is 3.90. The quantitative estimate of drug-likeness (QED) is 0.397. The maximum atomic E-state index is 6.83. The molecular weight excluding hydrogens is 216 g/mol. The molecular formula is C4H10Cl3NTi. The molecule has 5 heteroatoms. The Morgan fingerprint density at radius 2 is 1.33 bits per heavy atom. The van der Waals surface area contributed by atoms with Gasteiger partial charge in [-0.2, -0.15) is 0 Å². The first-order valence-corrected chi connectivity index (χ1v) is 1.98. The Balaban J connectivity index is -0.0000000133. The number of hydrogen-bond donors (Lipinski definition) is 0. The van der Waals surface area contributed by atoms with Crippen LogP contribution in [0.1, 0.15) is 20.3 Å². The van der Waals surface area contributed by atoms with Crippen molar-refractivity contribution in [1.82, 2.24) is 0 Å². The third-order valence-electron chi connectivity index (χ3n) is 0.612. The van der Waals surface area contributed by atoms with E-state index >= 15 is 0 Å². The van der Waals surface area contributed by atoms with Crippen molar-refractivity contribution in [2.75, 3.05) is 0 Å². The number of nitrogens with one attached hydrogen (secondary N) is 1. The van der Waals surface area contributed by atoms with Crippen LogP contribution in [-0.2, 0) is 21.7 Å². The maximum absolute atomic E-state index is 6.83. The van der Waals surface area contributed by atoms with Gasteiger partial charge in [-0.25, -0.2) is 0 Å². The van der Waals surface area contributed by atoms with Crippen LogP contribution in [0.3, 0.4) is 0 Å². The molecule has 56 valence electrons. The van der Waals surface area contributed by atoms with Gasteiger partial charge < -0.3 is 43.0 Å². The first-order valence-electron chi connectivity index (χ1n) is 1.98. The summed E-state index contributed by atoms with van der Waals surface area (Å²) < 4.78 is 0. The summed E-state index contributed by atoms with van der Waals surface area (Å²) in [6.07, 6.45) is 0.972. The molecule has 0 rings (SSSR count). The van der Waals surface area contributed by atoms with Crippen molar-refractivity contribution in [3.8, 4) is 0 Å². The van der Waals surface area contributed by atoms with Crippen molar-refractivity contribution in [1.29, 1.82) is 0 Å². The van der Waals surface area contributed by atoms with Crippen LogP contribution >= 0.6 is 0 Å². The Bertz CT molecular complexity index is 29.8. The third kappa shape index (κ3) is 43.2. The van der Waals surface area contributed by atoms with Crippen LogP contribution in [0.15, 0.2) is 0 Å². The van der Waals surface area contributed by atoms with Gasteiger partial charge in [-0.05, 0) is 0 Å². The molecule has 0 fully saturated rings. The zero-order valence-electron chi connectivity index (χ0n) is 5.42. The smallest absolute Gasteiger partial charge is 1.00 e. The third-order valence-corrected chi connectivity index (χ3v) is 0.612. The largest absolute Gasteiger partial charge is 4.00 e. The molecule has 0 aromatic rings. The zero-order chi connectivity index (χ0) is 4.28. The van der Waals surface area contributed by atoms with Gasteiger partial charge >= 0.3 is 21.7 Å². The summed E-state index contributed by atoms with van der Waals surface area (Å²) in [4.78, 5) is 0. The van der Waals surface area contributed by atoms with Crippen molar-refractivity contribution >= 4 is 0 Å². The van der Waals surface area contributed by atoms with Gasteiger partial charge in [0, 0.05) is 0 Å². The number of halogens is 3. The molecule has 0 radical (unpaired) electrons. The second kappa shape index (κ2) is 22.7. The molecule has 0 saturated carbocycles. The number of rotatable bonds is 1. The van der Waals surface area contributed by atoms with Gasteiger partial charge in [0.1, 0.15) is 0 Å². The van der Waals surface area contributed by atoms with E-state index in [0.29, 0.717) is 0 Å². The fraction of sp³-hybridized carbons (Fsp3) is 1.00. The van der Waals surface area contributed by atoms with Crippen molar-refractivity contribution in [3.05, 3.63) is 5.73 Å². The van der Waals surface area contributed by atoms with E-state index in [4.69, 9.17) is 5.73 Å². The van der Waals surface area contributed by atoms with Gasteiger partial charge in [-0.15, -0.1) is 6.04 Å². The van der Waals surface area contributed by atoms with E-state index in [1.165, 1.54) is 0 Å². The molecule has 1 atom stereocenters. The molecule has 0 saturated heterocycles. The topological polar surface area (TPSA) is 23.8 Å². The Morgan fingerprint density at radius 1 is 1.22 bits per heavy atom. The Hall–Kier alpha value is 1.54. The monoisotopic (exact) mass is 225 g/mol. The molecule has 0 aromatic heterocycles. The van der Waals surface area contributed by atoms with Crippen LogP contribution in [0.4, 0.5) is 0 Å². The van der Waals surface area contributed by atoms with Crippen molar-refractivity contribution < 1.29 is 58.9 Å². The first kappa shape index (κ1) is 31.2. The minimum Gasteiger partial charge on any atom is -1.00 e. The minimum absolute atomic E-state index is 0. The minimum atomic E-state index is 0. The average molecular weight is 226 g/mol. The van der Waals surface area contributed by atoms with E-state index in [9.17, 15) is 0 Å². The van der Waals surface area contributed by atoms with Crippen LogP contribution in [0.5, 0.6) is 0 Å². The standard InChI is InChI=1S/C4H10N.3ClH.Ti/c1-3-4(2)5;;;;/h4-5H,3H2,1-2H3;3*1H;/q-1;;;;+4/p-3. The normalized spacial score (nSPS) is 8.33. The Labute approximate surface area is 90.6 Å². The molecule has 0 bridgehead atoms. The maximum Gasteiger partial charge on any atom is 4.00 e. The van der Waals surface area contributed by atoms with Crippen molar-refractivity contribution in [2.45, 2.75) is 26.3 Å². The molecule has 1 unspecified atom stereocenters. The summed E-state index contributed by atoms with van der Waals surface area (Å²) in [7, 11) is 0. The molecule has 9 heavy (non-hydrogen) atoms. The molecule has 0 aliphatic carbocycles. The molecule has 1 nitrogen and oxygen atoms in total. The van der Waals surface area contributed by atoms with Gasteiger partial charge in [0.15, 0.2) is 0 Å². The fourth-order valence-electron chi connectivity index (χ4n) is 0. The van der Waals surface area contributed by atoms with Gasteiger partial charge in [0.05, 0.1) is 0 Å². The molecule has 0 heterocycles. The van der Waals surface area contributed by atoms with E-state index in [0.717, 1.165) is 6.42 Å². The Kier molecular flexibility index (Phi) is 78.7. The van der Waals surface area contributed by atoms with Crippen LogP contribution in [0.25, 0.3) is 5.73 Å². The molecule has 1 N–H and O–H groups in total. The molecule has 0 spiro atoms. The van der Waals surface area contributed by atoms with Crippen LogP contribution in [-0.4, -0.2) is 6.04 Å². The fourth-order valence-corrected chi connectivity index (χ4v) is 0. The second-order valence-corrected chi connectivity index (χ2v) is 1.31. The predicted octanol–water partition coefficient (Wildman–Crippen LogP) is -7.15. The molecule has 0 aliphatic rings. The summed E-state index contributed by atoms with van der Waals surface area (Å²) in [5, 5.41) is 0. The summed E-state index contributed by atoms with van der Waals surface area (Å²) in [6, 6.07) is 0.134. The molecule has 0 aromatic carbocycles. The van der Waals surface area contributed by atoms with Crippen molar-refractivity contribution in [2.24, 2.45) is 0 Å². The summed E-state index contributed by atoms with van der Waals surface area (Å²) >= 11 is 0. The van der Waals surface area contributed by atoms with Crippen molar-refractivity contribution in [3.63, 3.8) is 0 Å². The van der Waals surface area contributed by atoms with E-state index in [2.05, 4.69) is 0 Å². The van der Waals surface area contributed by atoms with Gasteiger partial charge in [-0.3, -0.25) is 0 Å². The summed E-state index contributed by atoms with van der Waals surface area (Å²) in [5.41, 5.74) is 6.83. The SMILES string of the molecule is CCC(C)[NH-].[Cl-].[Cl-].[Cl-].[Ti+4]. The van der Waals surface area contributed by atoms with E-state index < -0.39 is 0 Å². The predicted molar refractivity (Wildman–Crippen MR) is 24.1 cm³/mol. The van der Waals surface area contributed by atoms with Crippen LogP contribution in [0, 0.1) is 0 Å². The zero-order valence-corrected chi connectivity index (χ0v) is 9.25. The first-order chi connectivity index (χ1) is 2.27. The summed E-state index contributed by atoms with van der Waals surface area (Å²) in [5.74, 6) is 0. The average Bonchev–Trinajstić information content (AvgIpc) is 1.38. The van der Waals surface area contributed by atoms with E-state index in [1.807, 2.05) is 13.8 Å². The Morgan fingerprint density at radius 3 is 1.33 bits per heavy atom. The molecule has 0 amide bonds. The van der Waals surface area contributed by atoms with Crippen LogP contribution < -0.4 is 37.2 Å². The number of hydrogen-bond acceptors (Lipinski definition) is 0. The van der Waals surface area contributed by atoms with Crippen LogP contribution in [0.2, 0.25) is 0 Å². The van der Waals surface area contributed by atoms with Gasteiger partial charge in [0.2, 0.25) is 0 Å².